The maximum Gasteiger partial charge on any atom is 0.418 e. The summed E-state index contributed by atoms with van der Waals surface area (Å²) in [5.74, 6) is -2.57. The van der Waals surface area contributed by atoms with Gasteiger partial charge in [0.05, 0.1) is 90.8 Å². The molecule has 0 radical (unpaired) electrons. The van der Waals surface area contributed by atoms with E-state index in [0.717, 1.165) is 83.9 Å². The summed E-state index contributed by atoms with van der Waals surface area (Å²) in [7, 11) is 9.90. The van der Waals surface area contributed by atoms with E-state index in [0.29, 0.717) is 176 Å². The van der Waals surface area contributed by atoms with Crippen molar-refractivity contribution in [2.24, 2.45) is 0 Å². The molecule has 12 aromatic rings. The quantitative estimate of drug-likeness (QED) is 0.0238. The Hall–Kier alpha value is -13.0. The highest BCUT2D eigenvalue weighted by molar-refractivity contribution is 6.45. The Balaban J connectivity index is 0.000000164. The Morgan fingerprint density at radius 1 is 0.362 bits per heavy atom. The minimum absolute atomic E-state index is 0. The summed E-state index contributed by atoms with van der Waals surface area (Å²) in [5, 5.41) is 58.4. The van der Waals surface area contributed by atoms with Gasteiger partial charge in [0.15, 0.2) is 0 Å². The molecule has 10 heterocycles. The average Bonchev–Trinajstić information content (AvgIpc) is 1.60. The predicted molar refractivity (Wildman–Crippen MR) is 532 cm³/mol. The molecule has 6 fully saturated rings. The van der Waals surface area contributed by atoms with Crippen molar-refractivity contribution in [3.63, 3.8) is 0 Å². The number of carbonyl (C=O) groups is 9. The van der Waals surface area contributed by atoms with E-state index in [1.54, 1.807) is 59.2 Å². The fraction of sp³-hybridized carbons (Fsp3) is 0.381. The van der Waals surface area contributed by atoms with E-state index in [4.69, 9.17) is 28.8 Å². The number of ketones is 2. The van der Waals surface area contributed by atoms with Gasteiger partial charge in [-0.25, -0.2) is 9.59 Å². The van der Waals surface area contributed by atoms with Gasteiger partial charge < -0.3 is 104 Å². The van der Waals surface area contributed by atoms with Gasteiger partial charge in [0, 0.05) is 204 Å². The Kier molecular flexibility index (Phi) is 35.4. The molecule has 138 heavy (non-hydrogen) atoms. The number of Topliss-reactive ketones (excluding diaryl/α,β-unsaturated/α-hetero) is 2. The number of benzene rings is 8. The van der Waals surface area contributed by atoms with Gasteiger partial charge in [0.2, 0.25) is 0 Å². The number of H-pyrrole nitrogens is 3. The van der Waals surface area contributed by atoms with Gasteiger partial charge in [-0.1, -0.05) is 121 Å². The lowest BCUT2D eigenvalue weighted by Crippen LogP contribution is -2.49. The van der Waals surface area contributed by atoms with Crippen LogP contribution < -0.4 is 24.3 Å². The molecule has 6 saturated heterocycles. The third-order valence-electron chi connectivity index (χ3n) is 26.7. The molecule has 0 atom stereocenters. The van der Waals surface area contributed by atoms with Gasteiger partial charge in [-0.2, -0.15) is 0 Å². The second-order valence-corrected chi connectivity index (χ2v) is 36.0. The van der Waals surface area contributed by atoms with Crippen molar-refractivity contribution < 1.29 is 92.4 Å². The second-order valence-electron chi connectivity index (χ2n) is 36.0. The van der Waals surface area contributed by atoms with E-state index in [1.165, 1.54) is 60.9 Å². The first kappa shape index (κ1) is 104. The van der Waals surface area contributed by atoms with Gasteiger partial charge >= 0.3 is 12.1 Å². The number of likely N-dealkylation sites (N-methyl/N-ethyl adjacent to an activating group) is 2. The average molecular weight is 1930 g/mol. The number of carboxylic acid groups (broad SMARTS) is 1. The molecule has 8 aromatic carbocycles. The molecule has 0 saturated carbocycles. The predicted octanol–water partition coefficient (Wildman–Crippen LogP) is 12.6. The van der Waals surface area contributed by atoms with Gasteiger partial charge in [0.1, 0.15) is 28.6 Å². The zero-order chi connectivity index (χ0) is 96.4. The number of ether oxygens (including phenoxy) is 5. The lowest BCUT2D eigenvalue weighted by molar-refractivity contribution is -0.128. The zero-order valence-electron chi connectivity index (χ0n) is 79.0. The number of hydrogen-bond donors (Lipinski definition) is 9. The molecule has 6 aliphatic rings. The van der Waals surface area contributed by atoms with Crippen LogP contribution in [0, 0.1) is 0 Å². The number of halogens is 2. The van der Waals surface area contributed by atoms with Crippen molar-refractivity contribution in [3.05, 3.63) is 262 Å². The molecule has 18 rings (SSSR count). The fourth-order valence-electron chi connectivity index (χ4n) is 18.5. The molecular weight excluding hydrogens is 1800 g/mol. The van der Waals surface area contributed by atoms with Crippen LogP contribution >= 0.6 is 24.8 Å². The number of aromatic nitrogens is 4. The highest BCUT2D eigenvalue weighted by Gasteiger charge is 2.41. The fourth-order valence-corrected chi connectivity index (χ4v) is 18.5. The summed E-state index contributed by atoms with van der Waals surface area (Å²) >= 11 is 0. The largest absolute Gasteiger partial charge is 0.496 e. The normalized spacial score (nSPS) is 16.6. The van der Waals surface area contributed by atoms with Crippen LogP contribution in [0.25, 0.3) is 43.6 Å². The van der Waals surface area contributed by atoms with Crippen LogP contribution in [-0.2, 0) is 40.0 Å². The number of amides is 5. The Bertz CT molecular complexity index is 6200. The molecule has 732 valence electrons. The minimum Gasteiger partial charge on any atom is -0.496 e. The summed E-state index contributed by atoms with van der Waals surface area (Å²) in [5.41, 5.74) is 5.68. The number of nitrogens with zero attached hydrogens (tertiary/aromatic N) is 8. The van der Waals surface area contributed by atoms with Crippen LogP contribution in [0.5, 0.6) is 23.0 Å². The first-order valence-corrected chi connectivity index (χ1v) is 46.3. The van der Waals surface area contributed by atoms with Crippen molar-refractivity contribution in [2.75, 3.05) is 154 Å². The van der Waals surface area contributed by atoms with Gasteiger partial charge in [-0.05, 0) is 144 Å². The zero-order valence-corrected chi connectivity index (χ0v) is 80.6. The number of piperidine rings is 4. The van der Waals surface area contributed by atoms with E-state index in [1.807, 2.05) is 159 Å². The van der Waals surface area contributed by atoms with Crippen molar-refractivity contribution in [2.45, 2.75) is 106 Å². The van der Waals surface area contributed by atoms with Gasteiger partial charge in [-0.3, -0.25) is 38.1 Å². The lowest BCUT2D eigenvalue weighted by Gasteiger charge is -2.38. The van der Waals surface area contributed by atoms with Crippen LogP contribution in [-0.4, -0.2) is 309 Å². The van der Waals surface area contributed by atoms with Crippen LogP contribution in [0.4, 0.5) is 4.79 Å². The molecule has 0 spiro atoms. The molecule has 0 aliphatic carbocycles. The van der Waals surface area contributed by atoms with Crippen LogP contribution in [0.2, 0.25) is 0 Å². The Labute approximate surface area is 814 Å². The number of rotatable bonds is 21. The monoisotopic (exact) mass is 1930 g/mol. The lowest BCUT2D eigenvalue weighted by atomic mass is 9.85. The number of fused-ring (bicyclic) bond motifs is 4. The molecule has 9 N–H and O–H groups in total. The topological polar surface area (TPSA) is 388 Å². The number of carbonyl (C=O) groups excluding carboxylic acids is 8. The van der Waals surface area contributed by atoms with Gasteiger partial charge in [0.25, 0.3) is 41.1 Å². The van der Waals surface area contributed by atoms with Crippen molar-refractivity contribution in [1.82, 2.24) is 59.1 Å². The van der Waals surface area contributed by atoms with Crippen molar-refractivity contribution in [3.8, 4) is 23.0 Å². The number of carboxylic acids is 1. The molecule has 31 nitrogen and oxygen atoms in total. The smallest absolute Gasteiger partial charge is 0.418 e. The molecule has 5 amide bonds. The van der Waals surface area contributed by atoms with Crippen LogP contribution in [0.3, 0.4) is 0 Å². The molecule has 6 aliphatic heterocycles. The van der Waals surface area contributed by atoms with E-state index < -0.39 is 57.8 Å². The summed E-state index contributed by atoms with van der Waals surface area (Å²) < 4.78 is 27.9. The van der Waals surface area contributed by atoms with E-state index in [-0.39, 0.29) is 88.0 Å². The van der Waals surface area contributed by atoms with E-state index in [2.05, 4.69) is 42.2 Å². The first-order valence-electron chi connectivity index (χ1n) is 46.3. The summed E-state index contributed by atoms with van der Waals surface area (Å²) in [6, 6.07) is 57.0. The molecule has 4 aromatic heterocycles. The van der Waals surface area contributed by atoms with E-state index in [9.17, 15) is 63.6 Å². The Morgan fingerprint density at radius 2 is 0.696 bits per heavy atom. The van der Waals surface area contributed by atoms with Crippen molar-refractivity contribution >= 4 is 122 Å². The number of nitrogens with one attached hydrogen (secondary N) is 4. The molecule has 0 bridgehead atoms. The number of aromatic amines is 3. The highest BCUT2D eigenvalue weighted by atomic mass is 35.5. The summed E-state index contributed by atoms with van der Waals surface area (Å²) in [6.45, 7) is 10.8. The minimum atomic E-state index is -0.982. The van der Waals surface area contributed by atoms with Crippen LogP contribution in [0.15, 0.2) is 207 Å². The maximum absolute atomic E-state index is 13.8. The first-order chi connectivity index (χ1) is 65.5. The SMILES string of the molecule is CCOC(=O)n1cc(C(=O)C(=O)N2CCN(C)CC2)c2cc(C(=O)N3CCC(O)(Cc4ccccc4)CC3)c(OC)cc21.COc1cc2[nH]cc(C(=O)C(=O)N3CCN(C)CC3)c2cc1C(=O)N1CCC(O)(Cc2ccccc2)CC1.COc1cc2[nH]ccc2cc1C(=O)N1CCC(O)(Cc2ccccc2)CC1.COc1cc2[nH]ccc2cc1C(=O)O.Cl.Cl.OC1(Cc2ccccc2)CCNCC1. The number of likely N-dealkylation sites (tertiary alicyclic amines) is 3. The standard InChI is InChI=1S/C32H38N4O7.C29H34N4O5.C22H24N2O3.C12H17NO.C10H9NO3.2ClH/c1-4-43-31(40)36-21-25(28(37)30(39)35-16-14-33(2)15-17-35)23-18-24(27(42-3)19-26(23)36)29(38)34-12-10-32(41,11-13-34)20-22-8-6-5-7-9-22;1-31-12-14-33(15-13-31)28(36)26(34)23-19-30-24-17-25(38-2)22(16-21(23)24)27(35)32-10-8-29(37,9-11-32)18-20-6-4-3-5-7-20;1-27-20-14-19-17(7-10-23-19)13-18(20)21(25)24-11-8-22(26,9-12-24)15-16-5-3-2-4-6-16;14-12(6-8-13-9-7-12)10-11-4-2-1-3-5-11;1-14-9-5-8-6(2-3-11-8)4-7(9)10(12)13;;/h5-9,18-19,21,41H,4,10-17,20H2,1-3H3;3-7,16-17,19,30,37H,8-15,18H2,1-2H3;2-7,10,13-14,23,26H,8-9,11-12,15H2,1H3;1-5,13-14H,6-10H2;2-5,11H,1H3,(H,12,13);2*1H. The number of hydrogen-bond acceptors (Lipinski definition) is 21. The van der Waals surface area contributed by atoms with Crippen LogP contribution in [0.1, 0.15) is 143 Å². The summed E-state index contributed by atoms with van der Waals surface area (Å²) in [6.07, 6.45) is 12.8. The van der Waals surface area contributed by atoms with Gasteiger partial charge in [-0.15, -0.1) is 24.8 Å². The second kappa shape index (κ2) is 46.9. The number of aromatic carboxylic acids is 1. The molecule has 33 heteroatoms. The Morgan fingerprint density at radius 3 is 1.07 bits per heavy atom. The summed E-state index contributed by atoms with van der Waals surface area (Å²) in [4.78, 5) is 139. The number of piperazine rings is 2. The number of methoxy groups -OCH3 is 4. The molecule has 0 unspecified atom stereocenters. The number of aliphatic hydroxyl groups is 4. The third kappa shape index (κ3) is 25.3. The highest BCUT2D eigenvalue weighted by Crippen LogP contribution is 2.39. The van der Waals surface area contributed by atoms with E-state index >= 15 is 0 Å². The van der Waals surface area contributed by atoms with Crippen molar-refractivity contribution in [1.29, 1.82) is 0 Å². The molecular formula is C105H124Cl2N12O19. The maximum atomic E-state index is 13.8. The third-order valence-corrected chi connectivity index (χ3v) is 26.7.